The van der Waals surface area contributed by atoms with Gasteiger partial charge in [-0.3, -0.25) is 9.59 Å². The average molecular weight is 246 g/mol. The van der Waals surface area contributed by atoms with Crippen molar-refractivity contribution in [2.24, 2.45) is 11.8 Å². The fraction of sp³-hybridized carbons (Fsp3) is 0.571. The van der Waals surface area contributed by atoms with Gasteiger partial charge in [0.1, 0.15) is 0 Å². The number of carbonyl (C=O) groups excluding carboxylic acids is 2. The summed E-state index contributed by atoms with van der Waals surface area (Å²) >= 11 is 0. The lowest BCUT2D eigenvalue weighted by molar-refractivity contribution is -0.149. The molecule has 0 aromatic carbocycles. The molecule has 6 rings (SSSR count). The monoisotopic (exact) mass is 246 g/mol. The minimum atomic E-state index is -0.224. The summed E-state index contributed by atoms with van der Waals surface area (Å²) in [7, 11) is 3.63. The van der Waals surface area contributed by atoms with Crippen molar-refractivity contribution in [3.63, 3.8) is 0 Å². The maximum absolute atomic E-state index is 12.4. The minimum absolute atomic E-state index is 0.111. The molecule has 4 heteroatoms. The predicted octanol–water partition coefficient (Wildman–Crippen LogP) is 0.806. The van der Waals surface area contributed by atoms with E-state index in [0.717, 1.165) is 11.1 Å². The highest BCUT2D eigenvalue weighted by Gasteiger charge is 2.50. The quantitative estimate of drug-likeness (QED) is 0.593. The first kappa shape index (κ1) is 11.5. The normalized spacial score (nSPS) is 38.7. The molecule has 0 saturated carbocycles. The second-order valence-corrected chi connectivity index (χ2v) is 5.66. The lowest BCUT2D eigenvalue weighted by atomic mass is 9.73. The molecule has 18 heavy (non-hydrogen) atoms. The molecule has 1 aliphatic carbocycles. The van der Waals surface area contributed by atoms with Crippen LogP contribution in [0.15, 0.2) is 23.3 Å². The van der Waals surface area contributed by atoms with Gasteiger partial charge in [-0.2, -0.15) is 0 Å². The van der Waals surface area contributed by atoms with Gasteiger partial charge >= 0.3 is 0 Å². The molecular weight excluding hydrogens is 228 g/mol. The largest absolute Gasteiger partial charge is 0.337 e. The van der Waals surface area contributed by atoms with Gasteiger partial charge in [0.05, 0.1) is 23.9 Å². The Balaban J connectivity index is 2.25. The summed E-state index contributed by atoms with van der Waals surface area (Å²) < 4.78 is 0. The van der Waals surface area contributed by atoms with Crippen LogP contribution >= 0.6 is 0 Å². The summed E-state index contributed by atoms with van der Waals surface area (Å²) in [6, 6.07) is -0.222. The van der Waals surface area contributed by atoms with Gasteiger partial charge < -0.3 is 9.80 Å². The SMILES string of the molecule is CC1=C[C@@H]2C(=O)N(C)[C@H]1[C@@H]1C=C(C)[C@H]2N(C)C1=O. The van der Waals surface area contributed by atoms with Gasteiger partial charge in [-0.1, -0.05) is 23.3 Å². The van der Waals surface area contributed by atoms with Crippen LogP contribution in [-0.2, 0) is 9.59 Å². The lowest BCUT2D eigenvalue weighted by Gasteiger charge is -2.50. The van der Waals surface area contributed by atoms with Crippen LogP contribution in [0.2, 0.25) is 0 Å². The number of nitrogens with zero attached hydrogens (tertiary/aromatic N) is 2. The third-order valence-electron chi connectivity index (χ3n) is 4.60. The van der Waals surface area contributed by atoms with E-state index in [9.17, 15) is 9.59 Å². The zero-order valence-corrected chi connectivity index (χ0v) is 11.2. The van der Waals surface area contributed by atoms with Crippen molar-refractivity contribution in [1.82, 2.24) is 9.80 Å². The predicted molar refractivity (Wildman–Crippen MR) is 67.6 cm³/mol. The molecule has 6 aliphatic rings. The van der Waals surface area contributed by atoms with Gasteiger partial charge in [0, 0.05) is 14.1 Å². The van der Waals surface area contributed by atoms with E-state index >= 15 is 0 Å². The van der Waals surface area contributed by atoms with Crippen LogP contribution in [0.25, 0.3) is 0 Å². The number of likely N-dealkylation sites (N-methyl/N-ethyl adjacent to an activating group) is 2. The third-order valence-corrected chi connectivity index (χ3v) is 4.60. The molecule has 4 nitrogen and oxygen atoms in total. The number of hydrogen-bond acceptors (Lipinski definition) is 2. The molecule has 0 radical (unpaired) electrons. The summed E-state index contributed by atoms with van der Waals surface area (Å²) in [5, 5.41) is 0. The number of hydrogen-bond donors (Lipinski definition) is 0. The molecule has 0 aromatic heterocycles. The molecule has 96 valence electrons. The fourth-order valence-electron chi connectivity index (χ4n) is 3.76. The Morgan fingerprint density at radius 3 is 1.50 bits per heavy atom. The molecule has 0 aromatic rings. The van der Waals surface area contributed by atoms with E-state index in [-0.39, 0.29) is 35.7 Å². The second-order valence-electron chi connectivity index (χ2n) is 5.66. The van der Waals surface area contributed by atoms with Crippen LogP contribution in [0.1, 0.15) is 13.8 Å². The Kier molecular flexibility index (Phi) is 2.22. The summed E-state index contributed by atoms with van der Waals surface area (Å²) in [5.74, 6) is -0.185. The molecular formula is C14H18N2O2. The Labute approximate surface area is 107 Å². The molecule has 4 bridgehead atoms. The first-order valence-electron chi connectivity index (χ1n) is 6.33. The average Bonchev–Trinajstić information content (AvgIpc) is 2.30. The zero-order chi connectivity index (χ0) is 13.2. The van der Waals surface area contributed by atoms with Crippen molar-refractivity contribution in [1.29, 1.82) is 0 Å². The highest BCUT2D eigenvalue weighted by Crippen LogP contribution is 2.40. The van der Waals surface area contributed by atoms with Gasteiger partial charge in [0.15, 0.2) is 0 Å². The van der Waals surface area contributed by atoms with Crippen molar-refractivity contribution in [3.05, 3.63) is 23.3 Å². The maximum atomic E-state index is 12.4. The molecule has 1 fully saturated rings. The van der Waals surface area contributed by atoms with Gasteiger partial charge in [0.25, 0.3) is 0 Å². The van der Waals surface area contributed by atoms with E-state index < -0.39 is 0 Å². The molecule has 0 spiro atoms. The summed E-state index contributed by atoms with van der Waals surface area (Å²) in [5.41, 5.74) is 2.28. The van der Waals surface area contributed by atoms with Gasteiger partial charge in [-0.05, 0) is 13.8 Å². The van der Waals surface area contributed by atoms with E-state index in [1.807, 2.05) is 27.9 Å². The first-order valence-corrected chi connectivity index (χ1v) is 6.33. The Hall–Kier alpha value is -1.58. The molecule has 5 heterocycles. The number of amides is 2. The van der Waals surface area contributed by atoms with E-state index in [0.29, 0.717) is 0 Å². The van der Waals surface area contributed by atoms with Crippen LogP contribution in [0.3, 0.4) is 0 Å². The summed E-state index contributed by atoms with van der Waals surface area (Å²) in [6.07, 6.45) is 4.12. The second kappa shape index (κ2) is 3.46. The van der Waals surface area contributed by atoms with E-state index in [1.54, 1.807) is 9.80 Å². The zero-order valence-electron chi connectivity index (χ0n) is 11.2. The molecule has 0 N–H and O–H groups in total. The van der Waals surface area contributed by atoms with Crippen LogP contribution in [0.5, 0.6) is 0 Å². The lowest BCUT2D eigenvalue weighted by Crippen LogP contribution is -2.63. The molecule has 1 saturated heterocycles. The van der Waals surface area contributed by atoms with Gasteiger partial charge in [-0.25, -0.2) is 0 Å². The first-order chi connectivity index (χ1) is 8.43. The van der Waals surface area contributed by atoms with Gasteiger partial charge in [0.2, 0.25) is 11.8 Å². The smallest absolute Gasteiger partial charge is 0.232 e. The number of carbonyl (C=O) groups is 2. The van der Waals surface area contributed by atoms with Crippen molar-refractivity contribution in [3.8, 4) is 0 Å². The standard InChI is InChI=1S/C14H18N2O2/c1-7-5-9-12-8(2)6-10(14(18)16(12)4)11(7)15(3)13(9)17/h5-6,9-12H,1-4H3/t9-,10-,11+,12+/m0/s1. The molecule has 5 aliphatic heterocycles. The van der Waals surface area contributed by atoms with Crippen molar-refractivity contribution in [2.45, 2.75) is 25.9 Å². The summed E-state index contributed by atoms with van der Waals surface area (Å²) in [4.78, 5) is 28.3. The van der Waals surface area contributed by atoms with Crippen molar-refractivity contribution in [2.75, 3.05) is 14.1 Å². The van der Waals surface area contributed by atoms with Crippen molar-refractivity contribution < 1.29 is 9.59 Å². The topological polar surface area (TPSA) is 40.6 Å². The fourth-order valence-corrected chi connectivity index (χ4v) is 3.76. The van der Waals surface area contributed by atoms with E-state index in [2.05, 4.69) is 12.2 Å². The minimum Gasteiger partial charge on any atom is -0.337 e. The van der Waals surface area contributed by atoms with Crippen LogP contribution in [0, 0.1) is 11.8 Å². The van der Waals surface area contributed by atoms with Crippen LogP contribution < -0.4 is 0 Å². The Morgan fingerprint density at radius 1 is 0.833 bits per heavy atom. The number of rotatable bonds is 0. The highest BCUT2D eigenvalue weighted by atomic mass is 16.2. The van der Waals surface area contributed by atoms with Crippen molar-refractivity contribution >= 4 is 11.8 Å². The third kappa shape index (κ3) is 1.21. The highest BCUT2D eigenvalue weighted by molar-refractivity contribution is 5.92. The van der Waals surface area contributed by atoms with Gasteiger partial charge in [-0.15, -0.1) is 0 Å². The molecule has 4 atom stereocenters. The maximum Gasteiger partial charge on any atom is 0.232 e. The van der Waals surface area contributed by atoms with E-state index in [1.165, 1.54) is 0 Å². The molecule has 0 unspecified atom stereocenters. The summed E-state index contributed by atoms with van der Waals surface area (Å²) in [6.45, 7) is 4.05. The molecule has 2 amide bonds. The van der Waals surface area contributed by atoms with Crippen LogP contribution in [-0.4, -0.2) is 47.8 Å². The Bertz CT molecular complexity index is 460. The Morgan fingerprint density at radius 2 is 1.17 bits per heavy atom. The van der Waals surface area contributed by atoms with E-state index in [4.69, 9.17) is 0 Å². The van der Waals surface area contributed by atoms with Crippen LogP contribution in [0.4, 0.5) is 0 Å².